The van der Waals surface area contributed by atoms with E-state index in [1.807, 2.05) is 26.0 Å². The Bertz CT molecular complexity index is 599. The lowest BCUT2D eigenvalue weighted by Crippen LogP contribution is -2.05. The van der Waals surface area contributed by atoms with Gasteiger partial charge in [-0.1, -0.05) is 0 Å². The second-order valence-electron chi connectivity index (χ2n) is 3.98. The summed E-state index contributed by atoms with van der Waals surface area (Å²) in [5.74, 6) is -0.888. The Balaban J connectivity index is 2.99. The summed E-state index contributed by atoms with van der Waals surface area (Å²) in [6.07, 6.45) is 0. The van der Waals surface area contributed by atoms with E-state index in [9.17, 15) is 9.90 Å². The highest BCUT2D eigenvalue weighted by atomic mass is 79.9. The lowest BCUT2D eigenvalue weighted by molar-refractivity contribution is 0.0686. The Labute approximate surface area is 102 Å². The molecule has 0 aliphatic carbocycles. The first-order valence-corrected chi connectivity index (χ1v) is 5.71. The molecule has 1 aromatic carbocycles. The minimum atomic E-state index is -0.888. The minimum absolute atomic E-state index is 0.348. The molecule has 0 bridgehead atoms. The molecule has 0 atom stereocenters. The molecular formula is C12H12BrNO2. The van der Waals surface area contributed by atoms with E-state index in [0.717, 1.165) is 26.5 Å². The zero-order valence-electron chi connectivity index (χ0n) is 9.34. The third-order valence-corrected chi connectivity index (χ3v) is 3.44. The number of hydrogen-bond acceptors (Lipinski definition) is 1. The Morgan fingerprint density at radius 3 is 2.56 bits per heavy atom. The molecule has 16 heavy (non-hydrogen) atoms. The fraction of sp³-hybridized carbons (Fsp3) is 0.250. The number of benzene rings is 1. The molecule has 0 fully saturated rings. The summed E-state index contributed by atoms with van der Waals surface area (Å²) >= 11 is 3.48. The van der Waals surface area contributed by atoms with Gasteiger partial charge in [0, 0.05) is 16.9 Å². The van der Waals surface area contributed by atoms with Gasteiger partial charge in [0.15, 0.2) is 0 Å². The molecule has 1 N–H and O–H groups in total. The maximum absolute atomic E-state index is 11.2. The fourth-order valence-electron chi connectivity index (χ4n) is 2.16. The number of carbonyl (C=O) groups is 1. The lowest BCUT2D eigenvalue weighted by Gasteiger charge is -2.02. The quantitative estimate of drug-likeness (QED) is 0.872. The van der Waals surface area contributed by atoms with Crippen molar-refractivity contribution in [2.45, 2.75) is 13.8 Å². The van der Waals surface area contributed by atoms with Crippen LogP contribution in [0.1, 0.15) is 21.6 Å². The van der Waals surface area contributed by atoms with E-state index >= 15 is 0 Å². The third kappa shape index (κ3) is 1.45. The van der Waals surface area contributed by atoms with E-state index in [1.54, 1.807) is 11.6 Å². The highest BCUT2D eigenvalue weighted by molar-refractivity contribution is 9.10. The maximum atomic E-state index is 11.2. The van der Waals surface area contributed by atoms with E-state index in [1.165, 1.54) is 0 Å². The van der Waals surface area contributed by atoms with Gasteiger partial charge in [-0.2, -0.15) is 0 Å². The van der Waals surface area contributed by atoms with Crippen molar-refractivity contribution < 1.29 is 9.90 Å². The standard InChI is InChI=1S/C12H12BrNO2/c1-6-4-8-7(2)10(12(15)16)14(3)11(8)9(13)5-6/h4-5H,1-3H3,(H,15,16). The predicted molar refractivity (Wildman–Crippen MR) is 67.1 cm³/mol. The van der Waals surface area contributed by atoms with Gasteiger partial charge in [0.25, 0.3) is 0 Å². The van der Waals surface area contributed by atoms with Gasteiger partial charge in [-0.3, -0.25) is 0 Å². The zero-order chi connectivity index (χ0) is 12.0. The van der Waals surface area contributed by atoms with Gasteiger partial charge in [0.2, 0.25) is 0 Å². The summed E-state index contributed by atoms with van der Waals surface area (Å²) < 4.78 is 2.65. The van der Waals surface area contributed by atoms with Crippen LogP contribution in [0.3, 0.4) is 0 Å². The molecule has 0 unspecified atom stereocenters. The second kappa shape index (κ2) is 3.63. The number of rotatable bonds is 1. The number of carboxylic acid groups (broad SMARTS) is 1. The first-order valence-electron chi connectivity index (χ1n) is 4.92. The molecule has 1 heterocycles. The Hall–Kier alpha value is -1.29. The van der Waals surface area contributed by atoms with Crippen LogP contribution in [0.2, 0.25) is 0 Å². The number of aromatic carboxylic acids is 1. The highest BCUT2D eigenvalue weighted by Crippen LogP contribution is 2.31. The molecule has 0 aliphatic rings. The molecule has 0 saturated heterocycles. The molecule has 4 heteroatoms. The van der Waals surface area contributed by atoms with E-state index in [-0.39, 0.29) is 0 Å². The van der Waals surface area contributed by atoms with Crippen LogP contribution in [0.5, 0.6) is 0 Å². The molecule has 1 aromatic heterocycles. The van der Waals surface area contributed by atoms with Gasteiger partial charge in [-0.25, -0.2) is 4.79 Å². The summed E-state index contributed by atoms with van der Waals surface area (Å²) in [4.78, 5) is 11.2. The fourth-order valence-corrected chi connectivity index (χ4v) is 3.00. The smallest absolute Gasteiger partial charge is 0.352 e. The molecular weight excluding hydrogens is 270 g/mol. The Morgan fingerprint density at radius 2 is 2.00 bits per heavy atom. The van der Waals surface area contributed by atoms with Crippen LogP contribution in [0.4, 0.5) is 0 Å². The topological polar surface area (TPSA) is 42.2 Å². The van der Waals surface area contributed by atoms with Crippen molar-refractivity contribution in [3.05, 3.63) is 33.4 Å². The zero-order valence-corrected chi connectivity index (χ0v) is 10.9. The van der Waals surface area contributed by atoms with Crippen LogP contribution in [0, 0.1) is 13.8 Å². The summed E-state index contributed by atoms with van der Waals surface area (Å²) in [6.45, 7) is 3.84. The summed E-state index contributed by atoms with van der Waals surface area (Å²) in [5.41, 5.74) is 3.21. The molecule has 2 rings (SSSR count). The number of aromatic nitrogens is 1. The molecule has 0 spiro atoms. The van der Waals surface area contributed by atoms with Crippen LogP contribution in [-0.2, 0) is 7.05 Å². The van der Waals surface area contributed by atoms with Crippen molar-refractivity contribution in [2.24, 2.45) is 7.05 Å². The number of halogens is 1. The van der Waals surface area contributed by atoms with Gasteiger partial charge in [-0.15, -0.1) is 0 Å². The van der Waals surface area contributed by atoms with Gasteiger partial charge in [-0.05, 0) is 53.0 Å². The van der Waals surface area contributed by atoms with E-state index in [2.05, 4.69) is 15.9 Å². The number of hydrogen-bond donors (Lipinski definition) is 1. The lowest BCUT2D eigenvalue weighted by atomic mass is 10.1. The van der Waals surface area contributed by atoms with E-state index in [0.29, 0.717) is 5.69 Å². The number of fused-ring (bicyclic) bond motifs is 1. The maximum Gasteiger partial charge on any atom is 0.352 e. The Kier molecular flexibility index (Phi) is 2.54. The van der Waals surface area contributed by atoms with Gasteiger partial charge < -0.3 is 9.67 Å². The van der Waals surface area contributed by atoms with Crippen LogP contribution in [0.25, 0.3) is 10.9 Å². The SMILES string of the molecule is Cc1cc(Br)c2c(c1)c(C)c(C(=O)O)n2C. The third-order valence-electron chi connectivity index (χ3n) is 2.84. The van der Waals surface area contributed by atoms with Gasteiger partial charge in [0.1, 0.15) is 5.69 Å². The molecule has 3 nitrogen and oxygen atoms in total. The molecule has 0 aliphatic heterocycles. The molecule has 2 aromatic rings. The largest absolute Gasteiger partial charge is 0.477 e. The predicted octanol–water partition coefficient (Wildman–Crippen LogP) is 3.26. The average Bonchev–Trinajstić information content (AvgIpc) is 2.38. The monoisotopic (exact) mass is 281 g/mol. The van der Waals surface area contributed by atoms with E-state index < -0.39 is 5.97 Å². The highest BCUT2D eigenvalue weighted by Gasteiger charge is 2.18. The van der Waals surface area contributed by atoms with Crippen molar-refractivity contribution in [2.75, 3.05) is 0 Å². The normalized spacial score (nSPS) is 11.0. The summed E-state index contributed by atoms with van der Waals surface area (Å²) in [7, 11) is 1.78. The van der Waals surface area contributed by atoms with Gasteiger partial charge >= 0.3 is 5.97 Å². The first-order chi connectivity index (χ1) is 7.43. The van der Waals surface area contributed by atoms with Crippen molar-refractivity contribution in [1.29, 1.82) is 0 Å². The summed E-state index contributed by atoms with van der Waals surface area (Å²) in [6, 6.07) is 4.01. The van der Waals surface area contributed by atoms with E-state index in [4.69, 9.17) is 0 Å². The Morgan fingerprint density at radius 1 is 1.38 bits per heavy atom. The van der Waals surface area contributed by atoms with Gasteiger partial charge in [0.05, 0.1) is 5.52 Å². The molecule has 84 valence electrons. The number of nitrogens with zero attached hydrogens (tertiary/aromatic N) is 1. The minimum Gasteiger partial charge on any atom is -0.477 e. The van der Waals surface area contributed by atoms with Crippen molar-refractivity contribution in [1.82, 2.24) is 4.57 Å². The van der Waals surface area contributed by atoms with Crippen molar-refractivity contribution in [3.8, 4) is 0 Å². The molecule has 0 radical (unpaired) electrons. The number of carboxylic acids is 1. The number of aryl methyl sites for hydroxylation is 3. The average molecular weight is 282 g/mol. The van der Waals surface area contributed by atoms with Crippen molar-refractivity contribution >= 4 is 32.8 Å². The molecule has 0 saturated carbocycles. The van der Waals surface area contributed by atoms with Crippen LogP contribution >= 0.6 is 15.9 Å². The molecule has 0 amide bonds. The first kappa shape index (κ1) is 11.2. The second-order valence-corrected chi connectivity index (χ2v) is 4.84. The van der Waals surface area contributed by atoms with Crippen LogP contribution < -0.4 is 0 Å². The van der Waals surface area contributed by atoms with Crippen LogP contribution in [-0.4, -0.2) is 15.6 Å². The summed E-state index contributed by atoms with van der Waals surface area (Å²) in [5, 5.41) is 10.2. The van der Waals surface area contributed by atoms with Crippen LogP contribution in [0.15, 0.2) is 16.6 Å². The van der Waals surface area contributed by atoms with Crippen molar-refractivity contribution in [3.63, 3.8) is 0 Å².